The fourth-order valence-electron chi connectivity index (χ4n) is 4.55. The van der Waals surface area contributed by atoms with Gasteiger partial charge in [0, 0.05) is 22.7 Å². The first-order chi connectivity index (χ1) is 17.5. The Balaban J connectivity index is 1.48. The zero-order valence-electron chi connectivity index (χ0n) is 19.8. The van der Waals surface area contributed by atoms with Crippen LogP contribution in [0.3, 0.4) is 0 Å². The first-order valence-corrected chi connectivity index (χ1v) is 13.1. The van der Waals surface area contributed by atoms with Gasteiger partial charge in [0.1, 0.15) is 11.5 Å². The second-order valence-corrected chi connectivity index (χ2v) is 10.1. The molecule has 1 aliphatic heterocycles. The quantitative estimate of drug-likeness (QED) is 0.260. The molecule has 184 valence electrons. The van der Waals surface area contributed by atoms with E-state index in [0.717, 1.165) is 31.4 Å². The predicted molar refractivity (Wildman–Crippen MR) is 143 cm³/mol. The molecule has 5 rings (SSSR count). The average molecular weight is 521 g/mol. The lowest BCUT2D eigenvalue weighted by molar-refractivity contribution is -0.124. The lowest BCUT2D eigenvalue weighted by Crippen LogP contribution is -2.40. The summed E-state index contributed by atoms with van der Waals surface area (Å²) in [5.41, 5.74) is 1.69. The summed E-state index contributed by atoms with van der Waals surface area (Å²) in [5.74, 6) is 0.422. The largest absolute Gasteiger partial charge is 0.465 e. The van der Waals surface area contributed by atoms with E-state index in [1.807, 2.05) is 35.2 Å². The van der Waals surface area contributed by atoms with Gasteiger partial charge in [-0.2, -0.15) is 0 Å². The third kappa shape index (κ3) is 5.13. The van der Waals surface area contributed by atoms with Crippen LogP contribution in [-0.4, -0.2) is 35.1 Å². The third-order valence-electron chi connectivity index (χ3n) is 6.31. The van der Waals surface area contributed by atoms with E-state index in [4.69, 9.17) is 25.7 Å². The summed E-state index contributed by atoms with van der Waals surface area (Å²) in [4.78, 5) is 33.0. The number of thioether (sulfide) groups is 1. The Hall–Kier alpha value is -3.29. The molecular weight excluding hydrogens is 496 g/mol. The molecule has 2 fully saturated rings. The summed E-state index contributed by atoms with van der Waals surface area (Å²) < 4.78 is 10.9. The van der Waals surface area contributed by atoms with Crippen LogP contribution >= 0.6 is 23.4 Å². The maximum atomic E-state index is 13.5. The predicted octanol–water partition coefficient (Wildman–Crippen LogP) is 7.32. The van der Waals surface area contributed by atoms with Crippen molar-refractivity contribution < 1.29 is 18.7 Å². The molecule has 6 nitrogen and oxygen atoms in total. The molecule has 1 saturated heterocycles. The van der Waals surface area contributed by atoms with E-state index in [2.05, 4.69) is 0 Å². The maximum Gasteiger partial charge on any atom is 0.338 e. The molecule has 36 heavy (non-hydrogen) atoms. The molecule has 8 heteroatoms. The molecule has 1 saturated carbocycles. The minimum Gasteiger partial charge on any atom is -0.465 e. The zero-order valence-corrected chi connectivity index (χ0v) is 21.3. The Morgan fingerprint density at radius 3 is 2.64 bits per heavy atom. The molecule has 0 spiro atoms. The van der Waals surface area contributed by atoms with Crippen LogP contribution in [-0.2, 0) is 9.53 Å². The number of nitrogens with zero attached hydrogens (tertiary/aromatic N) is 2. The number of para-hydroxylation sites is 1. The van der Waals surface area contributed by atoms with Crippen LogP contribution < -0.4 is 0 Å². The topological polar surface area (TPSA) is 72.1 Å². The highest BCUT2D eigenvalue weighted by Gasteiger charge is 2.38. The molecule has 3 aromatic rings. The Morgan fingerprint density at radius 2 is 1.89 bits per heavy atom. The van der Waals surface area contributed by atoms with Gasteiger partial charge in [0.25, 0.3) is 5.91 Å². The number of esters is 1. The molecule has 2 aromatic carbocycles. The smallest absolute Gasteiger partial charge is 0.338 e. The minimum absolute atomic E-state index is 0.0578. The monoisotopic (exact) mass is 520 g/mol. The molecule has 2 heterocycles. The number of rotatable bonds is 5. The van der Waals surface area contributed by atoms with Gasteiger partial charge in [-0.15, -0.1) is 0 Å². The molecule has 1 aliphatic carbocycles. The van der Waals surface area contributed by atoms with Crippen molar-refractivity contribution in [3.8, 4) is 11.3 Å². The van der Waals surface area contributed by atoms with Crippen molar-refractivity contribution in [3.63, 3.8) is 0 Å². The van der Waals surface area contributed by atoms with Crippen LogP contribution in [0.25, 0.3) is 17.4 Å². The fraction of sp³-hybridized carbons (Fsp3) is 0.250. The van der Waals surface area contributed by atoms with Crippen LogP contribution in [0.5, 0.6) is 0 Å². The summed E-state index contributed by atoms with van der Waals surface area (Å²) in [6.07, 6.45) is 7.11. The van der Waals surface area contributed by atoms with Crippen molar-refractivity contribution in [2.45, 2.75) is 38.1 Å². The second-order valence-electron chi connectivity index (χ2n) is 8.69. The van der Waals surface area contributed by atoms with Crippen LogP contribution in [0, 0.1) is 0 Å². The number of hydrogen-bond donors (Lipinski definition) is 0. The van der Waals surface area contributed by atoms with Gasteiger partial charge < -0.3 is 9.15 Å². The molecular formula is C28H25ClN2O4S. The van der Waals surface area contributed by atoms with E-state index in [9.17, 15) is 9.59 Å². The van der Waals surface area contributed by atoms with Crippen LogP contribution in [0.15, 0.2) is 75.0 Å². The number of amidine groups is 1. The minimum atomic E-state index is -0.482. The van der Waals surface area contributed by atoms with Gasteiger partial charge in [0.15, 0.2) is 5.17 Å². The van der Waals surface area contributed by atoms with Gasteiger partial charge >= 0.3 is 5.97 Å². The lowest BCUT2D eigenvalue weighted by Gasteiger charge is -2.30. The van der Waals surface area contributed by atoms with E-state index in [0.29, 0.717) is 37.7 Å². The molecule has 0 unspecified atom stereocenters. The average Bonchev–Trinajstić information content (AvgIpc) is 3.49. The summed E-state index contributed by atoms with van der Waals surface area (Å²) in [7, 11) is 1.33. The zero-order chi connectivity index (χ0) is 25.1. The van der Waals surface area contributed by atoms with Crippen molar-refractivity contribution in [1.82, 2.24) is 4.90 Å². The highest BCUT2D eigenvalue weighted by Crippen LogP contribution is 2.39. The number of amides is 1. The molecule has 2 aliphatic rings. The summed E-state index contributed by atoms with van der Waals surface area (Å²) in [6, 6.07) is 18.3. The molecule has 1 amide bonds. The second kappa shape index (κ2) is 10.8. The number of halogens is 1. The summed E-state index contributed by atoms with van der Waals surface area (Å²) >= 11 is 7.54. The fourth-order valence-corrected chi connectivity index (χ4v) is 5.76. The van der Waals surface area contributed by atoms with Crippen molar-refractivity contribution >= 4 is 52.2 Å². The van der Waals surface area contributed by atoms with Crippen LogP contribution in [0.1, 0.15) is 48.2 Å². The van der Waals surface area contributed by atoms with E-state index < -0.39 is 5.97 Å². The van der Waals surface area contributed by atoms with Gasteiger partial charge in [0.2, 0.25) is 0 Å². The van der Waals surface area contributed by atoms with Crippen LogP contribution in [0.2, 0.25) is 5.02 Å². The van der Waals surface area contributed by atoms with Gasteiger partial charge in [-0.3, -0.25) is 9.69 Å². The number of benzene rings is 2. The van der Waals surface area contributed by atoms with Gasteiger partial charge in [-0.25, -0.2) is 9.79 Å². The number of carbonyl (C=O) groups excluding carboxylic acids is 2. The molecule has 0 bridgehead atoms. The maximum absolute atomic E-state index is 13.5. The standard InChI is InChI=1S/C28H25ClN2O4S/c1-34-27(33)22-14-12-18(29)16-23(22)24-15-13-21(35-24)17-25-26(32)31(20-10-6-3-7-11-20)28(36-25)30-19-8-4-2-5-9-19/h2,4-5,8-9,12-17,20H,3,6-7,10-11H2,1H3/b25-17+,30-28?. The lowest BCUT2D eigenvalue weighted by atomic mass is 9.94. The van der Waals surface area contributed by atoms with E-state index in [1.165, 1.54) is 25.3 Å². The van der Waals surface area contributed by atoms with Gasteiger partial charge in [0.05, 0.1) is 23.3 Å². The van der Waals surface area contributed by atoms with Gasteiger partial charge in [-0.1, -0.05) is 49.1 Å². The number of methoxy groups -OCH3 is 1. The molecule has 0 atom stereocenters. The van der Waals surface area contributed by atoms with E-state index in [-0.39, 0.29) is 11.9 Å². The van der Waals surface area contributed by atoms with Crippen molar-refractivity contribution in [3.05, 3.63) is 81.9 Å². The van der Waals surface area contributed by atoms with Crippen LogP contribution in [0.4, 0.5) is 5.69 Å². The number of ether oxygens (including phenoxy) is 1. The third-order valence-corrected chi connectivity index (χ3v) is 7.53. The number of furan rings is 1. The first kappa shape index (κ1) is 24.4. The molecule has 1 aromatic heterocycles. The normalized spacial score (nSPS) is 18.8. The number of hydrogen-bond acceptors (Lipinski definition) is 6. The molecule has 0 radical (unpaired) electrons. The summed E-state index contributed by atoms with van der Waals surface area (Å²) in [6.45, 7) is 0. The SMILES string of the molecule is COC(=O)c1ccc(Cl)cc1-c1ccc(/C=C2/SC(=Nc3ccccc3)N(C3CCCCC3)C2=O)o1. The Kier molecular flexibility index (Phi) is 7.30. The van der Waals surface area contributed by atoms with E-state index >= 15 is 0 Å². The van der Waals surface area contributed by atoms with Crippen molar-refractivity contribution in [1.29, 1.82) is 0 Å². The highest BCUT2D eigenvalue weighted by atomic mass is 35.5. The Labute approximate surface area is 219 Å². The highest BCUT2D eigenvalue weighted by molar-refractivity contribution is 8.18. The number of carbonyl (C=O) groups is 2. The molecule has 0 N–H and O–H groups in total. The Bertz CT molecular complexity index is 1340. The first-order valence-electron chi connectivity index (χ1n) is 11.9. The summed E-state index contributed by atoms with van der Waals surface area (Å²) in [5, 5.41) is 1.17. The number of aliphatic imine (C=N–C) groups is 1. The Morgan fingerprint density at radius 1 is 1.11 bits per heavy atom. The van der Waals surface area contributed by atoms with Crippen molar-refractivity contribution in [2.24, 2.45) is 4.99 Å². The van der Waals surface area contributed by atoms with Crippen molar-refractivity contribution in [2.75, 3.05) is 7.11 Å². The van der Waals surface area contributed by atoms with Gasteiger partial charge in [-0.05, 0) is 67.1 Å². The van der Waals surface area contributed by atoms with E-state index in [1.54, 1.807) is 36.4 Å².